The maximum absolute atomic E-state index is 12.6. The molecule has 0 atom stereocenters. The van der Waals surface area contributed by atoms with Crippen molar-refractivity contribution in [3.63, 3.8) is 0 Å². The van der Waals surface area contributed by atoms with Crippen molar-refractivity contribution in [3.05, 3.63) is 70.3 Å². The highest BCUT2D eigenvalue weighted by Crippen LogP contribution is 2.18. The van der Waals surface area contributed by atoms with Crippen molar-refractivity contribution in [1.29, 1.82) is 0 Å². The Hall–Kier alpha value is -3.68. The summed E-state index contributed by atoms with van der Waals surface area (Å²) in [5, 5.41) is 5.94. The maximum Gasteiger partial charge on any atom is 0.407 e. The van der Waals surface area contributed by atoms with Gasteiger partial charge in [-0.3, -0.25) is 14.2 Å². The fourth-order valence-electron chi connectivity index (χ4n) is 3.60. The number of aryl methyl sites for hydroxylation is 1. The molecular weight excluding hydrogens is 396 g/mol. The van der Waals surface area contributed by atoms with Gasteiger partial charge in [0.2, 0.25) is 5.91 Å². The fraction of sp³-hybridized carbons (Fsp3) is 0.304. The molecule has 1 aromatic heterocycles. The van der Waals surface area contributed by atoms with Crippen molar-refractivity contribution in [2.45, 2.75) is 38.8 Å². The molecule has 0 spiro atoms. The molecule has 8 nitrogen and oxygen atoms in total. The minimum absolute atomic E-state index is 0.0631. The third-order valence-corrected chi connectivity index (χ3v) is 5.16. The number of ether oxygens (including phenoxy) is 1. The van der Waals surface area contributed by atoms with Crippen molar-refractivity contribution in [3.8, 4) is 0 Å². The number of aromatic nitrogens is 2. The first kappa shape index (κ1) is 20.6. The van der Waals surface area contributed by atoms with Crippen LogP contribution in [0.15, 0.2) is 53.3 Å². The first-order valence-electron chi connectivity index (χ1n) is 10.4. The van der Waals surface area contributed by atoms with Crippen LogP contribution >= 0.6 is 0 Å². The zero-order valence-electron chi connectivity index (χ0n) is 17.1. The van der Waals surface area contributed by atoms with Gasteiger partial charge in [0, 0.05) is 31.6 Å². The van der Waals surface area contributed by atoms with Crippen molar-refractivity contribution in [1.82, 2.24) is 14.9 Å². The second-order valence-corrected chi connectivity index (χ2v) is 7.46. The summed E-state index contributed by atoms with van der Waals surface area (Å²) in [6.07, 6.45) is 1.93. The van der Waals surface area contributed by atoms with Gasteiger partial charge in [-0.2, -0.15) is 0 Å². The minimum Gasteiger partial charge on any atom is -0.445 e. The van der Waals surface area contributed by atoms with Gasteiger partial charge in [-0.25, -0.2) is 9.78 Å². The fourth-order valence-corrected chi connectivity index (χ4v) is 3.60. The van der Waals surface area contributed by atoms with Crippen LogP contribution in [0.2, 0.25) is 0 Å². The Bertz CT molecular complexity index is 1160. The molecule has 0 saturated heterocycles. The summed E-state index contributed by atoms with van der Waals surface area (Å²) in [6.45, 7) is 1.22. The molecule has 0 saturated carbocycles. The molecule has 1 aliphatic rings. The number of benzene rings is 2. The topological polar surface area (TPSA) is 102 Å². The standard InChI is InChI=1S/C23H24N4O4/c28-21(9-4-12-24-23(30)31-15-16-6-2-1-3-7-16)25-17-10-11-19-18(14-17)22(29)27-13-5-8-20(27)26-19/h1-3,6-7,10-11,14H,4-5,8-9,12-13,15H2,(H,24,30)(H,25,28). The summed E-state index contributed by atoms with van der Waals surface area (Å²) in [7, 11) is 0. The molecule has 0 aliphatic carbocycles. The number of carbonyl (C=O) groups is 2. The monoisotopic (exact) mass is 420 g/mol. The smallest absolute Gasteiger partial charge is 0.407 e. The van der Waals surface area contributed by atoms with Gasteiger partial charge in [0.15, 0.2) is 0 Å². The van der Waals surface area contributed by atoms with Crippen molar-refractivity contribution in [2.75, 3.05) is 11.9 Å². The lowest BCUT2D eigenvalue weighted by Crippen LogP contribution is -2.26. The Balaban J connectivity index is 1.23. The normalized spacial score (nSPS) is 12.4. The number of nitrogens with zero attached hydrogens (tertiary/aromatic N) is 2. The van der Waals surface area contributed by atoms with Crippen LogP contribution in [0.1, 0.15) is 30.7 Å². The molecule has 160 valence electrons. The predicted molar refractivity (Wildman–Crippen MR) is 117 cm³/mol. The van der Waals surface area contributed by atoms with Gasteiger partial charge in [0.1, 0.15) is 12.4 Å². The van der Waals surface area contributed by atoms with E-state index in [0.29, 0.717) is 36.1 Å². The number of anilines is 1. The van der Waals surface area contributed by atoms with Gasteiger partial charge in [0.05, 0.1) is 10.9 Å². The zero-order chi connectivity index (χ0) is 21.6. The minimum atomic E-state index is -0.515. The summed E-state index contributed by atoms with van der Waals surface area (Å²) in [6, 6.07) is 14.6. The van der Waals surface area contributed by atoms with E-state index in [2.05, 4.69) is 15.6 Å². The van der Waals surface area contributed by atoms with E-state index in [4.69, 9.17) is 4.74 Å². The van der Waals surface area contributed by atoms with Gasteiger partial charge < -0.3 is 15.4 Å². The lowest BCUT2D eigenvalue weighted by Gasteiger charge is -2.09. The summed E-state index contributed by atoms with van der Waals surface area (Å²) >= 11 is 0. The average molecular weight is 420 g/mol. The molecule has 2 N–H and O–H groups in total. The molecule has 2 heterocycles. The first-order chi connectivity index (χ1) is 15.1. The molecule has 1 aliphatic heterocycles. The van der Waals surface area contributed by atoms with Gasteiger partial charge in [-0.15, -0.1) is 0 Å². The number of hydrogen-bond acceptors (Lipinski definition) is 5. The van der Waals surface area contributed by atoms with E-state index >= 15 is 0 Å². The number of nitrogens with one attached hydrogen (secondary N) is 2. The number of fused-ring (bicyclic) bond motifs is 2. The lowest BCUT2D eigenvalue weighted by molar-refractivity contribution is -0.116. The highest BCUT2D eigenvalue weighted by atomic mass is 16.5. The molecule has 4 rings (SSSR count). The zero-order valence-corrected chi connectivity index (χ0v) is 17.1. The second kappa shape index (κ2) is 9.42. The quantitative estimate of drug-likeness (QED) is 0.572. The molecular formula is C23H24N4O4. The summed E-state index contributed by atoms with van der Waals surface area (Å²) < 4.78 is 6.83. The summed E-state index contributed by atoms with van der Waals surface area (Å²) in [5.74, 6) is 0.636. The van der Waals surface area contributed by atoms with Crippen LogP contribution < -0.4 is 16.2 Å². The molecule has 3 aromatic rings. The number of alkyl carbamates (subject to hydrolysis) is 1. The predicted octanol–water partition coefficient (Wildman–Crippen LogP) is 2.99. The van der Waals surface area contributed by atoms with E-state index in [9.17, 15) is 14.4 Å². The van der Waals surface area contributed by atoms with Crippen molar-refractivity contribution in [2.24, 2.45) is 0 Å². The molecule has 8 heteroatoms. The van der Waals surface area contributed by atoms with Gasteiger partial charge in [-0.1, -0.05) is 30.3 Å². The average Bonchev–Trinajstić information content (AvgIpc) is 3.25. The van der Waals surface area contributed by atoms with E-state index < -0.39 is 6.09 Å². The second-order valence-electron chi connectivity index (χ2n) is 7.46. The Morgan fingerprint density at radius 2 is 1.97 bits per heavy atom. The molecule has 0 bridgehead atoms. The molecule has 31 heavy (non-hydrogen) atoms. The van der Waals surface area contributed by atoms with Crippen LogP contribution in [-0.2, 0) is 29.1 Å². The van der Waals surface area contributed by atoms with Crippen LogP contribution in [0.5, 0.6) is 0 Å². The maximum atomic E-state index is 12.6. The number of rotatable bonds is 7. The Labute approximate surface area is 179 Å². The molecule has 2 amide bonds. The van der Waals surface area contributed by atoms with E-state index in [0.717, 1.165) is 24.2 Å². The highest BCUT2D eigenvalue weighted by molar-refractivity contribution is 5.93. The van der Waals surface area contributed by atoms with Crippen LogP contribution in [0.3, 0.4) is 0 Å². The third-order valence-electron chi connectivity index (χ3n) is 5.16. The summed E-state index contributed by atoms with van der Waals surface area (Å²) in [5.41, 5.74) is 2.05. The number of amides is 2. The Morgan fingerprint density at radius 1 is 1.13 bits per heavy atom. The van der Waals surface area contributed by atoms with Crippen LogP contribution in [-0.4, -0.2) is 28.1 Å². The van der Waals surface area contributed by atoms with E-state index in [1.165, 1.54) is 0 Å². The lowest BCUT2D eigenvalue weighted by atomic mass is 10.2. The first-order valence-corrected chi connectivity index (χ1v) is 10.4. The van der Waals surface area contributed by atoms with Crippen LogP contribution in [0.4, 0.5) is 10.5 Å². The third kappa shape index (κ3) is 5.09. The van der Waals surface area contributed by atoms with E-state index in [-0.39, 0.29) is 24.5 Å². The number of hydrogen-bond donors (Lipinski definition) is 2. The molecule has 0 unspecified atom stereocenters. The highest BCUT2D eigenvalue weighted by Gasteiger charge is 2.16. The van der Waals surface area contributed by atoms with Crippen LogP contribution in [0, 0.1) is 0 Å². The molecule has 0 fully saturated rings. The SMILES string of the molecule is O=C(CCCNC(=O)OCc1ccccc1)Nc1ccc2nc3n(c(=O)c2c1)CCC3. The van der Waals surface area contributed by atoms with Crippen LogP contribution in [0.25, 0.3) is 10.9 Å². The van der Waals surface area contributed by atoms with Gasteiger partial charge in [-0.05, 0) is 36.6 Å². The van der Waals surface area contributed by atoms with Gasteiger partial charge in [0.25, 0.3) is 5.56 Å². The largest absolute Gasteiger partial charge is 0.445 e. The summed E-state index contributed by atoms with van der Waals surface area (Å²) in [4.78, 5) is 41.1. The van der Waals surface area contributed by atoms with Crippen molar-refractivity contribution < 1.29 is 14.3 Å². The van der Waals surface area contributed by atoms with E-state index in [1.54, 1.807) is 22.8 Å². The number of carbonyl (C=O) groups excluding carboxylic acids is 2. The Kier molecular flexibility index (Phi) is 6.26. The molecule has 2 aromatic carbocycles. The van der Waals surface area contributed by atoms with Gasteiger partial charge >= 0.3 is 6.09 Å². The molecule has 0 radical (unpaired) electrons. The Morgan fingerprint density at radius 3 is 2.81 bits per heavy atom. The van der Waals surface area contributed by atoms with Crippen molar-refractivity contribution >= 4 is 28.6 Å². The van der Waals surface area contributed by atoms with E-state index in [1.807, 2.05) is 30.3 Å².